The fraction of sp³-hybridized carbons (Fsp3) is 0.500. The van der Waals surface area contributed by atoms with Crippen LogP contribution in [0.5, 0.6) is 0 Å². The van der Waals surface area contributed by atoms with Gasteiger partial charge < -0.3 is 9.64 Å². The second-order valence-electron chi connectivity index (χ2n) is 5.29. The van der Waals surface area contributed by atoms with E-state index in [0.29, 0.717) is 6.54 Å². The van der Waals surface area contributed by atoms with Gasteiger partial charge in [-0.25, -0.2) is 4.79 Å². The number of hydrogen-bond donors (Lipinski definition) is 0. The number of amides is 1. The molecule has 0 saturated carbocycles. The molecule has 0 spiro atoms. The van der Waals surface area contributed by atoms with Gasteiger partial charge in [0.25, 0.3) is 0 Å². The van der Waals surface area contributed by atoms with Crippen LogP contribution in [0.25, 0.3) is 0 Å². The lowest BCUT2D eigenvalue weighted by atomic mass is 9.93. The van der Waals surface area contributed by atoms with Crippen LogP contribution in [0.3, 0.4) is 0 Å². The van der Waals surface area contributed by atoms with Crippen LogP contribution in [0, 0.1) is 0 Å². The number of ether oxygens (including phenoxy) is 1. The summed E-state index contributed by atoms with van der Waals surface area (Å²) in [5.74, 6) is 0. The number of fused-ring (bicyclic) bond motifs is 1. The number of hydrogen-bond acceptors (Lipinski definition) is 2. The highest BCUT2D eigenvalue weighted by molar-refractivity contribution is 5.70. The molecule has 17 heavy (non-hydrogen) atoms. The van der Waals surface area contributed by atoms with Gasteiger partial charge in [-0.1, -0.05) is 18.2 Å². The highest BCUT2D eigenvalue weighted by Crippen LogP contribution is 2.34. The summed E-state index contributed by atoms with van der Waals surface area (Å²) in [6.07, 6.45) is 3.36. The highest BCUT2D eigenvalue weighted by Gasteiger charge is 2.41. The molecule has 3 heteroatoms. The molecule has 1 aromatic carbocycles. The molecule has 1 aliphatic carbocycles. The summed E-state index contributed by atoms with van der Waals surface area (Å²) >= 11 is 0. The Morgan fingerprint density at radius 1 is 1.29 bits per heavy atom. The topological polar surface area (TPSA) is 29.5 Å². The fourth-order valence-corrected chi connectivity index (χ4v) is 2.87. The third-order valence-corrected chi connectivity index (χ3v) is 3.87. The third kappa shape index (κ3) is 1.61. The molecule has 90 valence electrons. The Balaban J connectivity index is 1.97. The Bertz CT molecular complexity index is 483. The van der Waals surface area contributed by atoms with Crippen LogP contribution in [0.4, 0.5) is 4.79 Å². The molecule has 1 atom stereocenters. The van der Waals surface area contributed by atoms with Crippen LogP contribution < -0.4 is 0 Å². The van der Waals surface area contributed by atoms with E-state index in [1.807, 2.05) is 6.92 Å². The van der Waals surface area contributed by atoms with Gasteiger partial charge in [0.1, 0.15) is 0 Å². The lowest BCUT2D eigenvalue weighted by Crippen LogP contribution is -2.27. The maximum Gasteiger partial charge on any atom is 0.410 e. The summed E-state index contributed by atoms with van der Waals surface area (Å²) in [6, 6.07) is 6.51. The molecule has 0 bridgehead atoms. The summed E-state index contributed by atoms with van der Waals surface area (Å²) in [7, 11) is 1.78. The molecular weight excluding hydrogens is 214 g/mol. The Morgan fingerprint density at radius 3 is 2.76 bits per heavy atom. The van der Waals surface area contributed by atoms with E-state index in [0.717, 1.165) is 12.0 Å². The minimum atomic E-state index is -0.483. The van der Waals surface area contributed by atoms with E-state index in [4.69, 9.17) is 4.74 Å². The van der Waals surface area contributed by atoms with Gasteiger partial charge in [0.05, 0.1) is 6.54 Å². The van der Waals surface area contributed by atoms with E-state index in [1.54, 1.807) is 11.9 Å². The Hall–Kier alpha value is -1.51. The minimum absolute atomic E-state index is 0.229. The SMILES string of the molecule is CN1CC(C)(c2ccc3c(c2)CCC3)OC1=O. The number of rotatable bonds is 1. The molecular formula is C14H17NO2. The van der Waals surface area contributed by atoms with Crippen LogP contribution in [0.2, 0.25) is 0 Å². The third-order valence-electron chi connectivity index (χ3n) is 3.87. The van der Waals surface area contributed by atoms with Crippen molar-refractivity contribution in [1.82, 2.24) is 4.90 Å². The number of benzene rings is 1. The quantitative estimate of drug-likeness (QED) is 0.743. The molecule has 1 unspecified atom stereocenters. The summed E-state index contributed by atoms with van der Waals surface area (Å²) in [5, 5.41) is 0. The molecule has 0 radical (unpaired) electrons. The van der Waals surface area contributed by atoms with Gasteiger partial charge in [0.2, 0.25) is 0 Å². The zero-order valence-electron chi connectivity index (χ0n) is 10.3. The van der Waals surface area contributed by atoms with E-state index in [2.05, 4.69) is 18.2 Å². The zero-order chi connectivity index (χ0) is 12.0. The molecule has 3 nitrogen and oxygen atoms in total. The summed E-state index contributed by atoms with van der Waals surface area (Å²) in [4.78, 5) is 13.1. The number of cyclic esters (lactones) is 1. The lowest BCUT2D eigenvalue weighted by molar-refractivity contribution is 0.0701. The predicted molar refractivity (Wildman–Crippen MR) is 64.9 cm³/mol. The molecule has 3 rings (SSSR count). The smallest absolute Gasteiger partial charge is 0.410 e. The molecule has 0 N–H and O–H groups in total. The van der Waals surface area contributed by atoms with Gasteiger partial charge >= 0.3 is 6.09 Å². The summed E-state index contributed by atoms with van der Waals surface area (Å²) < 4.78 is 5.49. The van der Waals surface area contributed by atoms with Gasteiger partial charge in [-0.3, -0.25) is 0 Å². The first-order chi connectivity index (χ1) is 8.08. The van der Waals surface area contributed by atoms with Crippen molar-refractivity contribution >= 4 is 6.09 Å². The molecule has 1 fully saturated rings. The maximum absolute atomic E-state index is 11.5. The first-order valence-corrected chi connectivity index (χ1v) is 6.15. The fourth-order valence-electron chi connectivity index (χ4n) is 2.87. The van der Waals surface area contributed by atoms with Crippen molar-refractivity contribution in [1.29, 1.82) is 0 Å². The van der Waals surface area contributed by atoms with Crippen LogP contribution in [0.1, 0.15) is 30.0 Å². The first-order valence-electron chi connectivity index (χ1n) is 6.15. The highest BCUT2D eigenvalue weighted by atomic mass is 16.6. The van der Waals surface area contributed by atoms with Crippen LogP contribution >= 0.6 is 0 Å². The predicted octanol–water partition coefficient (Wildman–Crippen LogP) is 2.47. The van der Waals surface area contributed by atoms with E-state index < -0.39 is 5.60 Å². The molecule has 1 amide bonds. The van der Waals surface area contributed by atoms with Crippen LogP contribution in [0.15, 0.2) is 18.2 Å². The van der Waals surface area contributed by atoms with Crippen molar-refractivity contribution in [2.75, 3.05) is 13.6 Å². The molecule has 1 aromatic rings. The number of carbonyl (C=O) groups is 1. The Morgan fingerprint density at radius 2 is 2.06 bits per heavy atom. The van der Waals surface area contributed by atoms with E-state index in [-0.39, 0.29) is 6.09 Å². The zero-order valence-corrected chi connectivity index (χ0v) is 10.3. The van der Waals surface area contributed by atoms with Crippen molar-refractivity contribution in [3.8, 4) is 0 Å². The van der Waals surface area contributed by atoms with Crippen molar-refractivity contribution in [2.45, 2.75) is 31.8 Å². The van der Waals surface area contributed by atoms with Gasteiger partial charge in [-0.15, -0.1) is 0 Å². The number of carbonyl (C=O) groups excluding carboxylic acids is 1. The first kappa shape index (κ1) is 10.6. The van der Waals surface area contributed by atoms with Gasteiger partial charge in [-0.2, -0.15) is 0 Å². The number of likely N-dealkylation sites (N-methyl/N-ethyl adjacent to an activating group) is 1. The van der Waals surface area contributed by atoms with E-state index in [9.17, 15) is 4.79 Å². The van der Waals surface area contributed by atoms with Crippen molar-refractivity contribution < 1.29 is 9.53 Å². The monoisotopic (exact) mass is 231 g/mol. The maximum atomic E-state index is 11.5. The van der Waals surface area contributed by atoms with Crippen molar-refractivity contribution in [3.05, 3.63) is 34.9 Å². The van der Waals surface area contributed by atoms with Gasteiger partial charge in [-0.05, 0) is 42.9 Å². The number of nitrogens with zero attached hydrogens (tertiary/aromatic N) is 1. The normalized spacial score (nSPS) is 27.2. The summed E-state index contributed by atoms with van der Waals surface area (Å²) in [5.41, 5.74) is 3.52. The Kier molecular flexibility index (Phi) is 2.18. The second-order valence-corrected chi connectivity index (χ2v) is 5.29. The van der Waals surface area contributed by atoms with Gasteiger partial charge in [0, 0.05) is 7.05 Å². The minimum Gasteiger partial charge on any atom is -0.436 e. The molecule has 0 aromatic heterocycles. The average Bonchev–Trinajstić information content (AvgIpc) is 2.84. The summed E-state index contributed by atoms with van der Waals surface area (Å²) in [6.45, 7) is 2.62. The second kappa shape index (κ2) is 3.49. The largest absolute Gasteiger partial charge is 0.436 e. The van der Waals surface area contributed by atoms with Gasteiger partial charge in [0.15, 0.2) is 5.60 Å². The molecule has 1 aliphatic heterocycles. The average molecular weight is 231 g/mol. The lowest BCUT2D eigenvalue weighted by Gasteiger charge is -2.22. The number of aryl methyl sites for hydroxylation is 2. The van der Waals surface area contributed by atoms with Crippen LogP contribution in [-0.4, -0.2) is 24.6 Å². The van der Waals surface area contributed by atoms with Crippen molar-refractivity contribution in [2.24, 2.45) is 0 Å². The van der Waals surface area contributed by atoms with Crippen molar-refractivity contribution in [3.63, 3.8) is 0 Å². The molecule has 1 heterocycles. The standard InChI is InChI=1S/C14H17NO2/c1-14(9-15(2)13(16)17-14)12-7-6-10-4-3-5-11(10)8-12/h6-8H,3-5,9H2,1-2H3. The Labute approximate surface area is 101 Å². The van der Waals surface area contributed by atoms with Crippen LogP contribution in [-0.2, 0) is 23.2 Å². The van der Waals surface area contributed by atoms with E-state index in [1.165, 1.54) is 24.0 Å². The molecule has 1 saturated heterocycles. The molecule has 2 aliphatic rings. The van der Waals surface area contributed by atoms with E-state index >= 15 is 0 Å².